The van der Waals surface area contributed by atoms with E-state index in [-0.39, 0.29) is 23.3 Å². The lowest BCUT2D eigenvalue weighted by Crippen LogP contribution is -2.25. The Morgan fingerprint density at radius 2 is 1.55 bits per heavy atom. The Balaban J connectivity index is 1.67. The van der Waals surface area contributed by atoms with Crippen LogP contribution in [0.1, 0.15) is 73.8 Å². The van der Waals surface area contributed by atoms with Gasteiger partial charge in [0.2, 0.25) is 0 Å². The van der Waals surface area contributed by atoms with Gasteiger partial charge in [-0.05, 0) is 61.2 Å². The van der Waals surface area contributed by atoms with E-state index < -0.39 is 41.5 Å². The molecule has 1 fully saturated rings. The van der Waals surface area contributed by atoms with Crippen LogP contribution in [0.2, 0.25) is 0 Å². The van der Waals surface area contributed by atoms with Gasteiger partial charge in [0.15, 0.2) is 5.78 Å². The van der Waals surface area contributed by atoms with Crippen LogP contribution in [0.4, 0.5) is 30.7 Å². The number of carbonyl (C=O) groups is 1. The van der Waals surface area contributed by atoms with Gasteiger partial charge in [0.1, 0.15) is 5.82 Å². The monoisotopic (exact) mass is 543 g/mol. The minimum atomic E-state index is -4.96. The quantitative estimate of drug-likeness (QED) is 0.334. The van der Waals surface area contributed by atoms with E-state index in [1.165, 1.54) is 19.1 Å². The molecule has 206 valence electrons. The molecular weight excluding hydrogens is 515 g/mol. The molecule has 0 aromatic heterocycles. The molecule has 3 atom stereocenters. The summed E-state index contributed by atoms with van der Waals surface area (Å²) in [4.78, 5) is 14.5. The van der Waals surface area contributed by atoms with Gasteiger partial charge in [0.25, 0.3) is 0 Å². The van der Waals surface area contributed by atoms with E-state index in [0.717, 1.165) is 23.3 Å². The van der Waals surface area contributed by atoms with Crippen molar-refractivity contribution in [1.82, 2.24) is 4.90 Å². The standard InChI is InChI=1S/C28H28F7NO2/c1-3-4-22-24(9-10-25(22)37)36-14-23(17-5-7-21(29)8-6-17)26(15-36)38-16(2)18-11-19(27(30,31)32)13-20(12-18)28(33,34)35/h5-8,11-13,16,23,26H,3-4,9-10,14-15H2,1-2H3. The van der Waals surface area contributed by atoms with Crippen LogP contribution in [0.5, 0.6) is 0 Å². The first-order valence-corrected chi connectivity index (χ1v) is 12.5. The summed E-state index contributed by atoms with van der Waals surface area (Å²) in [6, 6.07) is 7.22. The third kappa shape index (κ3) is 6.06. The van der Waals surface area contributed by atoms with E-state index in [1.807, 2.05) is 11.8 Å². The summed E-state index contributed by atoms with van der Waals surface area (Å²) < 4.78 is 100. The van der Waals surface area contributed by atoms with Crippen LogP contribution in [-0.4, -0.2) is 29.9 Å². The number of allylic oxidation sites excluding steroid dienone is 2. The normalized spacial score (nSPS) is 21.5. The SMILES string of the molecule is CCCC1=C(N2CC(OC(C)c3cc(C(F)(F)F)cc(C(F)(F)F)c3)C(c3ccc(F)cc3)C2)CCC1=O. The Kier molecular flexibility index (Phi) is 7.93. The predicted molar refractivity (Wildman–Crippen MR) is 127 cm³/mol. The van der Waals surface area contributed by atoms with E-state index in [1.54, 1.807) is 12.1 Å². The van der Waals surface area contributed by atoms with Crippen molar-refractivity contribution in [3.8, 4) is 0 Å². The van der Waals surface area contributed by atoms with Crippen molar-refractivity contribution in [3.05, 3.63) is 81.8 Å². The number of ketones is 1. The predicted octanol–water partition coefficient (Wildman–Crippen LogP) is 7.83. The zero-order valence-corrected chi connectivity index (χ0v) is 20.9. The number of ether oxygens (including phenoxy) is 1. The highest BCUT2D eigenvalue weighted by Gasteiger charge is 2.41. The van der Waals surface area contributed by atoms with Gasteiger partial charge >= 0.3 is 12.4 Å². The van der Waals surface area contributed by atoms with Crippen molar-refractivity contribution >= 4 is 5.78 Å². The molecular formula is C28H28F7NO2. The second kappa shape index (κ2) is 10.7. The van der Waals surface area contributed by atoms with Gasteiger partial charge in [-0.25, -0.2) is 4.39 Å². The number of benzene rings is 2. The van der Waals surface area contributed by atoms with E-state index in [2.05, 4.69) is 0 Å². The lowest BCUT2D eigenvalue weighted by Gasteiger charge is -2.25. The molecule has 10 heteroatoms. The number of nitrogens with zero attached hydrogens (tertiary/aromatic N) is 1. The number of likely N-dealkylation sites (tertiary alicyclic amines) is 1. The molecule has 0 spiro atoms. The first kappa shape index (κ1) is 28.1. The fourth-order valence-corrected chi connectivity index (χ4v) is 5.29. The Morgan fingerprint density at radius 3 is 2.11 bits per heavy atom. The average molecular weight is 544 g/mol. The van der Waals surface area contributed by atoms with Gasteiger partial charge in [0.05, 0.1) is 23.3 Å². The van der Waals surface area contributed by atoms with Gasteiger partial charge < -0.3 is 9.64 Å². The zero-order chi connectivity index (χ0) is 27.8. The van der Waals surface area contributed by atoms with Crippen molar-refractivity contribution in [3.63, 3.8) is 0 Å². The molecule has 3 nitrogen and oxygen atoms in total. The third-order valence-electron chi connectivity index (χ3n) is 7.18. The molecule has 2 aliphatic rings. The van der Waals surface area contributed by atoms with Gasteiger partial charge in [-0.1, -0.05) is 25.5 Å². The maximum Gasteiger partial charge on any atom is 0.416 e. The molecule has 1 saturated heterocycles. The molecule has 2 aromatic carbocycles. The van der Waals surface area contributed by atoms with Crippen LogP contribution in [0.3, 0.4) is 0 Å². The summed E-state index contributed by atoms with van der Waals surface area (Å²) in [5.41, 5.74) is -0.661. The summed E-state index contributed by atoms with van der Waals surface area (Å²) in [5.74, 6) is -0.689. The Morgan fingerprint density at radius 1 is 0.947 bits per heavy atom. The minimum absolute atomic E-state index is 0.0848. The third-order valence-corrected chi connectivity index (χ3v) is 7.18. The number of hydrogen-bond acceptors (Lipinski definition) is 3. The van der Waals surface area contributed by atoms with E-state index >= 15 is 0 Å². The number of hydrogen-bond donors (Lipinski definition) is 0. The number of alkyl halides is 6. The number of Topliss-reactive ketones (excluding diaryl/α,β-unsaturated/α-hetero) is 1. The molecule has 1 aliphatic carbocycles. The highest BCUT2D eigenvalue weighted by atomic mass is 19.4. The highest BCUT2D eigenvalue weighted by Crippen LogP contribution is 2.41. The lowest BCUT2D eigenvalue weighted by molar-refractivity contribution is -0.143. The summed E-state index contributed by atoms with van der Waals surface area (Å²) in [5, 5.41) is 0. The van der Waals surface area contributed by atoms with Crippen molar-refractivity contribution in [1.29, 1.82) is 0 Å². The first-order valence-electron chi connectivity index (χ1n) is 12.5. The minimum Gasteiger partial charge on any atom is -0.371 e. The van der Waals surface area contributed by atoms with E-state index in [9.17, 15) is 35.5 Å². The first-order chi connectivity index (χ1) is 17.8. The lowest BCUT2D eigenvalue weighted by atomic mass is 9.95. The van der Waals surface area contributed by atoms with Crippen LogP contribution in [0.25, 0.3) is 0 Å². The van der Waals surface area contributed by atoms with E-state index in [0.29, 0.717) is 44.5 Å². The van der Waals surface area contributed by atoms with Gasteiger partial charge in [-0.15, -0.1) is 0 Å². The number of rotatable bonds is 7. The maximum atomic E-state index is 13.6. The smallest absolute Gasteiger partial charge is 0.371 e. The second-order valence-corrected chi connectivity index (χ2v) is 9.82. The molecule has 0 N–H and O–H groups in total. The maximum absolute atomic E-state index is 13.6. The Bertz CT molecular complexity index is 1170. The molecule has 4 rings (SSSR count). The highest BCUT2D eigenvalue weighted by molar-refractivity contribution is 5.98. The fourth-order valence-electron chi connectivity index (χ4n) is 5.29. The largest absolute Gasteiger partial charge is 0.416 e. The van der Waals surface area contributed by atoms with Crippen LogP contribution < -0.4 is 0 Å². The topological polar surface area (TPSA) is 29.5 Å². The van der Waals surface area contributed by atoms with Crippen molar-refractivity contribution in [2.75, 3.05) is 13.1 Å². The van der Waals surface area contributed by atoms with Crippen LogP contribution in [-0.2, 0) is 21.9 Å². The van der Waals surface area contributed by atoms with E-state index in [4.69, 9.17) is 4.74 Å². The second-order valence-electron chi connectivity index (χ2n) is 9.82. The summed E-state index contributed by atoms with van der Waals surface area (Å²) in [6.45, 7) is 4.11. The zero-order valence-electron chi connectivity index (χ0n) is 20.9. The summed E-state index contributed by atoms with van der Waals surface area (Å²) in [7, 11) is 0. The van der Waals surface area contributed by atoms with Gasteiger partial charge in [-0.2, -0.15) is 26.3 Å². The Hall–Kier alpha value is -2.88. The molecule has 1 aliphatic heterocycles. The fraction of sp³-hybridized carbons (Fsp3) is 0.464. The molecule has 2 aromatic rings. The van der Waals surface area contributed by atoms with Crippen molar-refractivity contribution in [2.24, 2.45) is 0 Å². The number of carbonyl (C=O) groups excluding carboxylic acids is 1. The molecule has 0 amide bonds. The van der Waals surface area contributed by atoms with Crippen molar-refractivity contribution < 1.29 is 40.3 Å². The van der Waals surface area contributed by atoms with Crippen LogP contribution >= 0.6 is 0 Å². The molecule has 38 heavy (non-hydrogen) atoms. The average Bonchev–Trinajstić information content (AvgIpc) is 3.42. The van der Waals surface area contributed by atoms with Crippen LogP contribution in [0, 0.1) is 5.82 Å². The molecule has 3 unspecified atom stereocenters. The van der Waals surface area contributed by atoms with Gasteiger partial charge in [-0.3, -0.25) is 4.79 Å². The van der Waals surface area contributed by atoms with Crippen molar-refractivity contribution in [2.45, 2.75) is 70.0 Å². The molecule has 0 bridgehead atoms. The summed E-state index contributed by atoms with van der Waals surface area (Å²) >= 11 is 0. The molecule has 0 saturated carbocycles. The molecule has 0 radical (unpaired) electrons. The van der Waals surface area contributed by atoms with Crippen LogP contribution in [0.15, 0.2) is 53.7 Å². The summed E-state index contributed by atoms with van der Waals surface area (Å²) in [6.07, 6.45) is -9.27. The number of halogens is 7. The Labute approximate surface area is 216 Å². The molecule has 1 heterocycles. The van der Waals surface area contributed by atoms with Gasteiger partial charge in [0, 0.05) is 36.7 Å².